The lowest BCUT2D eigenvalue weighted by Crippen LogP contribution is -2.19. The van der Waals surface area contributed by atoms with Crippen molar-refractivity contribution in [2.24, 2.45) is 0 Å². The molecule has 0 aliphatic carbocycles. The molecule has 0 bridgehead atoms. The first-order valence-electron chi connectivity index (χ1n) is 5.35. The Kier molecular flexibility index (Phi) is 9.45. The molecule has 0 atom stereocenters. The highest BCUT2D eigenvalue weighted by Crippen LogP contribution is 2.11. The van der Waals surface area contributed by atoms with Gasteiger partial charge in [-0.1, -0.05) is 6.08 Å². The average Bonchev–Trinajstić information content (AvgIpc) is 2.19. The average molecular weight is 308 g/mol. The largest absolute Gasteiger partial charge is 0.389 e. The fraction of sp³-hybridized carbons (Fsp3) is 0.727. The van der Waals surface area contributed by atoms with Gasteiger partial charge in [-0.15, -0.1) is 24.0 Å². The van der Waals surface area contributed by atoms with Crippen LogP contribution in [0.5, 0.6) is 0 Å². The summed E-state index contributed by atoms with van der Waals surface area (Å²) in [5, 5.41) is 10.3. The van der Waals surface area contributed by atoms with E-state index >= 15 is 0 Å². The van der Waals surface area contributed by atoms with Crippen molar-refractivity contribution >= 4 is 30.2 Å². The number of hydrogen-bond acceptors (Lipinski definition) is 2. The first-order chi connectivity index (χ1) is 6.43. The van der Waals surface area contributed by atoms with Crippen LogP contribution >= 0.6 is 24.0 Å². The number of halogens is 1. The van der Waals surface area contributed by atoms with Crippen LogP contribution < -0.4 is 5.32 Å². The van der Waals surface area contributed by atoms with Gasteiger partial charge < -0.3 is 10.7 Å². The minimum absolute atomic E-state index is 0. The third-order valence-electron chi connectivity index (χ3n) is 2.42. The maximum absolute atomic E-state index is 6.88. The van der Waals surface area contributed by atoms with Gasteiger partial charge in [0.05, 0.1) is 0 Å². The topological polar surface area (TPSA) is 35.9 Å². The predicted octanol–water partition coefficient (Wildman–Crippen LogP) is 3.47. The van der Waals surface area contributed by atoms with Gasteiger partial charge >= 0.3 is 0 Å². The second kappa shape index (κ2) is 9.49. The van der Waals surface area contributed by atoms with Crippen LogP contribution in [0.25, 0.3) is 0 Å². The lowest BCUT2D eigenvalue weighted by atomic mass is 10.1. The lowest BCUT2D eigenvalue weighted by Gasteiger charge is -2.16. The second-order valence-corrected chi connectivity index (χ2v) is 3.60. The Bertz CT molecular complexity index is 170. The third kappa shape index (κ3) is 6.40. The third-order valence-corrected chi connectivity index (χ3v) is 2.42. The van der Waals surface area contributed by atoms with Crippen LogP contribution in [0.4, 0.5) is 0 Å². The van der Waals surface area contributed by atoms with Gasteiger partial charge in [0.1, 0.15) is 0 Å². The van der Waals surface area contributed by atoms with E-state index in [9.17, 15) is 0 Å². The summed E-state index contributed by atoms with van der Waals surface area (Å²) >= 11 is 0. The second-order valence-electron chi connectivity index (χ2n) is 3.60. The van der Waals surface area contributed by atoms with E-state index in [2.05, 4.69) is 11.4 Å². The standard InChI is InChI=1S/C11H20N2.HI/c12-9-5-2-1-3-7-11-8-4-6-10-13-11;/h7,9,12-13H,1-6,8,10H2;1H/b11-7-,12-9?;. The summed E-state index contributed by atoms with van der Waals surface area (Å²) in [6.07, 6.45) is 12.3. The van der Waals surface area contributed by atoms with Crippen molar-refractivity contribution in [3.63, 3.8) is 0 Å². The summed E-state index contributed by atoms with van der Waals surface area (Å²) in [4.78, 5) is 0. The molecule has 0 aromatic heterocycles. The number of unbranched alkanes of at least 4 members (excludes halogenated alkanes) is 3. The molecule has 0 spiro atoms. The number of nitrogens with one attached hydrogen (secondary N) is 2. The molecule has 1 fully saturated rings. The van der Waals surface area contributed by atoms with Crippen molar-refractivity contribution in [2.45, 2.75) is 44.9 Å². The molecule has 0 saturated carbocycles. The van der Waals surface area contributed by atoms with E-state index in [1.807, 2.05) is 0 Å². The Morgan fingerprint density at radius 3 is 2.64 bits per heavy atom. The van der Waals surface area contributed by atoms with Gasteiger partial charge in [-0.25, -0.2) is 0 Å². The Morgan fingerprint density at radius 2 is 2.00 bits per heavy atom. The molecule has 0 aromatic rings. The molecule has 1 aliphatic rings. The number of piperidine rings is 1. The van der Waals surface area contributed by atoms with E-state index in [-0.39, 0.29) is 24.0 Å². The molecule has 82 valence electrons. The minimum atomic E-state index is 0. The summed E-state index contributed by atoms with van der Waals surface area (Å²) in [7, 11) is 0. The monoisotopic (exact) mass is 308 g/mol. The predicted molar refractivity (Wildman–Crippen MR) is 72.6 cm³/mol. The molecule has 2 nitrogen and oxygen atoms in total. The molecule has 0 amide bonds. The molecule has 1 saturated heterocycles. The minimum Gasteiger partial charge on any atom is -0.389 e. The van der Waals surface area contributed by atoms with Crippen molar-refractivity contribution in [2.75, 3.05) is 6.54 Å². The van der Waals surface area contributed by atoms with Crippen LogP contribution in [0.1, 0.15) is 44.9 Å². The highest BCUT2D eigenvalue weighted by molar-refractivity contribution is 14.0. The number of hydrogen-bond donors (Lipinski definition) is 2. The maximum atomic E-state index is 6.88. The van der Waals surface area contributed by atoms with Crippen molar-refractivity contribution in [3.8, 4) is 0 Å². The Hall–Kier alpha value is -0.0600. The van der Waals surface area contributed by atoms with Gasteiger partial charge in [-0.3, -0.25) is 0 Å². The van der Waals surface area contributed by atoms with E-state index in [1.165, 1.54) is 44.0 Å². The van der Waals surface area contributed by atoms with Crippen molar-refractivity contribution < 1.29 is 0 Å². The number of allylic oxidation sites excluding steroid dienone is 2. The van der Waals surface area contributed by atoms with Crippen LogP contribution in [0, 0.1) is 5.41 Å². The van der Waals surface area contributed by atoms with Gasteiger partial charge in [0.2, 0.25) is 0 Å². The fourth-order valence-electron chi connectivity index (χ4n) is 1.62. The smallest absolute Gasteiger partial charge is 0.0143 e. The van der Waals surface area contributed by atoms with E-state index in [0.29, 0.717) is 0 Å². The molecule has 1 heterocycles. The maximum Gasteiger partial charge on any atom is 0.0143 e. The molecular weight excluding hydrogens is 287 g/mol. The van der Waals surface area contributed by atoms with Crippen LogP contribution in [0.3, 0.4) is 0 Å². The molecule has 1 rings (SSSR count). The fourth-order valence-corrected chi connectivity index (χ4v) is 1.62. The summed E-state index contributed by atoms with van der Waals surface area (Å²) in [6, 6.07) is 0. The summed E-state index contributed by atoms with van der Waals surface area (Å²) < 4.78 is 0. The first kappa shape index (κ1) is 13.9. The van der Waals surface area contributed by atoms with Crippen molar-refractivity contribution in [1.29, 1.82) is 5.41 Å². The van der Waals surface area contributed by atoms with Gasteiger partial charge in [-0.2, -0.15) is 0 Å². The van der Waals surface area contributed by atoms with Crippen molar-refractivity contribution in [3.05, 3.63) is 11.8 Å². The van der Waals surface area contributed by atoms with E-state index in [0.717, 1.165) is 19.4 Å². The van der Waals surface area contributed by atoms with Gasteiger partial charge in [0, 0.05) is 12.2 Å². The molecule has 1 aliphatic heterocycles. The summed E-state index contributed by atoms with van der Waals surface area (Å²) in [5.74, 6) is 0. The Labute approximate surface area is 104 Å². The SMILES string of the molecule is I.N=CCCCC/C=C1/CCCCN1. The van der Waals surface area contributed by atoms with E-state index in [4.69, 9.17) is 5.41 Å². The molecule has 14 heavy (non-hydrogen) atoms. The van der Waals surface area contributed by atoms with Gasteiger partial charge in [-0.05, 0) is 51.2 Å². The quantitative estimate of drug-likeness (QED) is 0.455. The molecule has 2 N–H and O–H groups in total. The highest BCUT2D eigenvalue weighted by Gasteiger charge is 2.02. The highest BCUT2D eigenvalue weighted by atomic mass is 127. The normalized spacial score (nSPS) is 18.4. The Balaban J connectivity index is 0.00000169. The first-order valence-corrected chi connectivity index (χ1v) is 5.35. The molecule has 3 heteroatoms. The van der Waals surface area contributed by atoms with E-state index in [1.54, 1.807) is 0 Å². The molecular formula is C11H21IN2. The number of rotatable bonds is 5. The zero-order valence-corrected chi connectivity index (χ0v) is 11.1. The summed E-state index contributed by atoms with van der Waals surface area (Å²) in [6.45, 7) is 1.16. The van der Waals surface area contributed by atoms with Gasteiger partial charge in [0.25, 0.3) is 0 Å². The molecule has 0 aromatic carbocycles. The van der Waals surface area contributed by atoms with E-state index < -0.39 is 0 Å². The molecule has 0 unspecified atom stereocenters. The van der Waals surface area contributed by atoms with Crippen LogP contribution in [-0.2, 0) is 0 Å². The molecule has 0 radical (unpaired) electrons. The van der Waals surface area contributed by atoms with Crippen molar-refractivity contribution in [1.82, 2.24) is 5.32 Å². The zero-order chi connectivity index (χ0) is 9.36. The lowest BCUT2D eigenvalue weighted by molar-refractivity contribution is 0.583. The Morgan fingerprint density at radius 1 is 1.21 bits per heavy atom. The zero-order valence-electron chi connectivity index (χ0n) is 8.72. The van der Waals surface area contributed by atoms with Crippen LogP contribution in [0.2, 0.25) is 0 Å². The van der Waals surface area contributed by atoms with Crippen LogP contribution in [-0.4, -0.2) is 12.8 Å². The van der Waals surface area contributed by atoms with Gasteiger partial charge in [0.15, 0.2) is 0 Å². The van der Waals surface area contributed by atoms with Crippen LogP contribution in [0.15, 0.2) is 11.8 Å². The summed E-state index contributed by atoms with van der Waals surface area (Å²) in [5.41, 5.74) is 1.45.